The summed E-state index contributed by atoms with van der Waals surface area (Å²) in [7, 11) is 0. The fraction of sp³-hybridized carbons (Fsp3) is 0.857. The van der Waals surface area contributed by atoms with Crippen LogP contribution in [0.3, 0.4) is 0 Å². The van der Waals surface area contributed by atoms with Gasteiger partial charge in [0.15, 0.2) is 0 Å². The molecule has 1 fully saturated rings. The van der Waals surface area contributed by atoms with Crippen molar-refractivity contribution in [3.05, 3.63) is 0 Å². The normalized spacial score (nSPS) is 17.8. The van der Waals surface area contributed by atoms with Crippen LogP contribution < -0.4 is 5.32 Å². The van der Waals surface area contributed by atoms with Crippen molar-refractivity contribution in [2.45, 2.75) is 6.92 Å². The lowest BCUT2D eigenvalue weighted by Gasteiger charge is -2.25. The molecule has 1 rings (SSSR count). The summed E-state index contributed by atoms with van der Waals surface area (Å²) in [5.74, 6) is 0. The number of hydrogen-bond acceptors (Lipinski definition) is 3. The second-order valence-electron chi connectivity index (χ2n) is 2.47. The van der Waals surface area contributed by atoms with Crippen LogP contribution in [0.1, 0.15) is 6.92 Å². The molecule has 5 heteroatoms. The molecule has 72 valence electrons. The van der Waals surface area contributed by atoms with Gasteiger partial charge < -0.3 is 20.4 Å². The lowest BCUT2D eigenvalue weighted by Crippen LogP contribution is -2.43. The fourth-order valence-corrected chi connectivity index (χ4v) is 1.03. The minimum atomic E-state index is -1.83. The molecule has 0 aliphatic carbocycles. The van der Waals surface area contributed by atoms with Gasteiger partial charge in [-0.1, -0.05) is 6.92 Å². The third kappa shape index (κ3) is 7.30. The van der Waals surface area contributed by atoms with Gasteiger partial charge in [-0.15, -0.1) is 0 Å². The average Bonchev–Trinajstić information content (AvgIpc) is 2.05. The van der Waals surface area contributed by atoms with E-state index in [2.05, 4.69) is 17.1 Å². The Hall–Kier alpha value is -0.810. The zero-order valence-electron chi connectivity index (χ0n) is 7.29. The van der Waals surface area contributed by atoms with Gasteiger partial charge in [-0.05, 0) is 6.54 Å². The fourth-order valence-electron chi connectivity index (χ4n) is 1.03. The van der Waals surface area contributed by atoms with Gasteiger partial charge in [0.1, 0.15) is 0 Å². The van der Waals surface area contributed by atoms with Crippen LogP contribution in [0.25, 0.3) is 0 Å². The zero-order chi connectivity index (χ0) is 9.40. The van der Waals surface area contributed by atoms with Crippen LogP contribution >= 0.6 is 0 Å². The van der Waals surface area contributed by atoms with Crippen molar-refractivity contribution in [1.82, 2.24) is 10.2 Å². The predicted molar refractivity (Wildman–Crippen MR) is 45.6 cm³/mol. The quantitative estimate of drug-likeness (QED) is 0.529. The van der Waals surface area contributed by atoms with Crippen LogP contribution in [0, 0.1) is 0 Å². The molecule has 1 heterocycles. The van der Waals surface area contributed by atoms with E-state index in [1.165, 1.54) is 32.7 Å². The zero-order valence-corrected chi connectivity index (χ0v) is 7.29. The van der Waals surface area contributed by atoms with E-state index in [1.54, 1.807) is 0 Å². The molecule has 1 saturated heterocycles. The second kappa shape index (κ2) is 6.87. The first-order valence-electron chi connectivity index (χ1n) is 4.01. The summed E-state index contributed by atoms with van der Waals surface area (Å²) >= 11 is 0. The van der Waals surface area contributed by atoms with Crippen LogP contribution in [0.2, 0.25) is 0 Å². The van der Waals surface area contributed by atoms with Gasteiger partial charge in [-0.2, -0.15) is 0 Å². The van der Waals surface area contributed by atoms with Crippen LogP contribution in [-0.4, -0.2) is 54.0 Å². The van der Waals surface area contributed by atoms with Gasteiger partial charge in [0.25, 0.3) is 0 Å². The summed E-state index contributed by atoms with van der Waals surface area (Å²) in [5.41, 5.74) is 0. The minimum Gasteiger partial charge on any atom is -0.450 e. The van der Waals surface area contributed by atoms with Crippen molar-refractivity contribution < 1.29 is 15.0 Å². The molecule has 0 amide bonds. The van der Waals surface area contributed by atoms with Crippen molar-refractivity contribution in [2.24, 2.45) is 0 Å². The molecule has 0 atom stereocenters. The largest absolute Gasteiger partial charge is 0.503 e. The molecule has 0 spiro atoms. The Kier molecular flexibility index (Phi) is 6.41. The molecule has 5 nitrogen and oxygen atoms in total. The molecule has 12 heavy (non-hydrogen) atoms. The van der Waals surface area contributed by atoms with Gasteiger partial charge in [0, 0.05) is 26.2 Å². The Bertz CT molecular complexity index is 120. The molecule has 0 radical (unpaired) electrons. The molecule has 0 aromatic carbocycles. The summed E-state index contributed by atoms with van der Waals surface area (Å²) in [6.07, 6.45) is -1.83. The molecule has 0 aromatic rings. The lowest BCUT2D eigenvalue weighted by atomic mass is 10.4. The van der Waals surface area contributed by atoms with E-state index in [1.807, 2.05) is 0 Å². The number of piperazine rings is 1. The van der Waals surface area contributed by atoms with E-state index in [0.29, 0.717) is 0 Å². The number of nitrogens with one attached hydrogen (secondary N) is 1. The van der Waals surface area contributed by atoms with Crippen molar-refractivity contribution >= 4 is 6.16 Å². The summed E-state index contributed by atoms with van der Waals surface area (Å²) in [6, 6.07) is 0. The topological polar surface area (TPSA) is 72.8 Å². The third-order valence-electron chi connectivity index (χ3n) is 1.66. The number of likely N-dealkylation sites (N-methyl/N-ethyl adjacent to an activating group) is 1. The second-order valence-corrected chi connectivity index (χ2v) is 2.47. The van der Waals surface area contributed by atoms with Gasteiger partial charge in [-0.25, -0.2) is 4.79 Å². The van der Waals surface area contributed by atoms with Gasteiger partial charge in [-0.3, -0.25) is 0 Å². The highest BCUT2D eigenvalue weighted by molar-refractivity contribution is 5.53. The Morgan fingerprint density at radius 2 is 1.83 bits per heavy atom. The maximum absolute atomic E-state index is 8.56. The Labute approximate surface area is 72.0 Å². The van der Waals surface area contributed by atoms with Crippen LogP contribution in [0.4, 0.5) is 4.79 Å². The lowest BCUT2D eigenvalue weighted by molar-refractivity contribution is 0.137. The van der Waals surface area contributed by atoms with E-state index in [4.69, 9.17) is 15.0 Å². The maximum Gasteiger partial charge on any atom is 0.503 e. The summed E-state index contributed by atoms with van der Waals surface area (Å²) < 4.78 is 0. The minimum absolute atomic E-state index is 1.17. The average molecular weight is 176 g/mol. The van der Waals surface area contributed by atoms with E-state index in [0.717, 1.165) is 0 Å². The highest BCUT2D eigenvalue weighted by atomic mass is 16.6. The number of carboxylic acid groups (broad SMARTS) is 2. The maximum atomic E-state index is 8.56. The van der Waals surface area contributed by atoms with Gasteiger partial charge in [0.05, 0.1) is 0 Å². The molecule has 0 aromatic heterocycles. The van der Waals surface area contributed by atoms with Gasteiger partial charge >= 0.3 is 6.16 Å². The molecular weight excluding hydrogens is 160 g/mol. The first kappa shape index (κ1) is 11.2. The standard InChI is InChI=1S/C6H14N2.CH2O3/c1-2-8-5-3-7-4-6-8;2-1(3)4/h7H,2-6H2,1H3;(H2,2,3,4). The highest BCUT2D eigenvalue weighted by Gasteiger charge is 2.04. The van der Waals surface area contributed by atoms with E-state index in [-0.39, 0.29) is 0 Å². The smallest absolute Gasteiger partial charge is 0.450 e. The molecule has 0 bridgehead atoms. The summed E-state index contributed by atoms with van der Waals surface area (Å²) in [5, 5.41) is 17.3. The molecular formula is C7H16N2O3. The third-order valence-corrected chi connectivity index (χ3v) is 1.66. The Morgan fingerprint density at radius 3 is 2.08 bits per heavy atom. The summed E-state index contributed by atoms with van der Waals surface area (Å²) in [6.45, 7) is 8.24. The summed E-state index contributed by atoms with van der Waals surface area (Å²) in [4.78, 5) is 11.0. The molecule has 3 N–H and O–H groups in total. The number of carbonyl (C=O) groups is 1. The Balaban J connectivity index is 0.000000261. The van der Waals surface area contributed by atoms with Crippen LogP contribution in [-0.2, 0) is 0 Å². The molecule has 1 aliphatic rings. The van der Waals surface area contributed by atoms with E-state index in [9.17, 15) is 0 Å². The highest BCUT2D eigenvalue weighted by Crippen LogP contribution is 1.88. The number of rotatable bonds is 1. The van der Waals surface area contributed by atoms with E-state index < -0.39 is 6.16 Å². The molecule has 1 aliphatic heterocycles. The Morgan fingerprint density at radius 1 is 1.42 bits per heavy atom. The van der Waals surface area contributed by atoms with Gasteiger partial charge in [0.2, 0.25) is 0 Å². The molecule has 0 unspecified atom stereocenters. The van der Waals surface area contributed by atoms with Crippen molar-refractivity contribution in [3.63, 3.8) is 0 Å². The monoisotopic (exact) mass is 176 g/mol. The van der Waals surface area contributed by atoms with Crippen molar-refractivity contribution in [1.29, 1.82) is 0 Å². The van der Waals surface area contributed by atoms with Crippen molar-refractivity contribution in [3.8, 4) is 0 Å². The number of nitrogens with zero attached hydrogens (tertiary/aromatic N) is 1. The molecule has 0 saturated carbocycles. The number of hydrogen-bond donors (Lipinski definition) is 3. The first-order valence-corrected chi connectivity index (χ1v) is 4.01. The van der Waals surface area contributed by atoms with Crippen molar-refractivity contribution in [2.75, 3.05) is 32.7 Å². The first-order chi connectivity index (χ1) is 5.66. The van der Waals surface area contributed by atoms with Crippen LogP contribution in [0.15, 0.2) is 0 Å². The predicted octanol–water partition coefficient (Wildman–Crippen LogP) is 0.134. The van der Waals surface area contributed by atoms with Crippen LogP contribution in [0.5, 0.6) is 0 Å². The van der Waals surface area contributed by atoms with E-state index >= 15 is 0 Å². The SMILES string of the molecule is CCN1CCNCC1.O=C(O)O.